The zero-order chi connectivity index (χ0) is 11.4. The van der Waals surface area contributed by atoms with Crippen LogP contribution < -0.4 is 11.1 Å². The molecule has 0 radical (unpaired) electrons. The quantitative estimate of drug-likeness (QED) is 0.652. The van der Waals surface area contributed by atoms with E-state index in [1.165, 1.54) is 6.92 Å². The van der Waals surface area contributed by atoms with Crippen LogP contribution in [0.3, 0.4) is 0 Å². The molecule has 0 aromatic carbocycles. The van der Waals surface area contributed by atoms with Crippen LogP contribution in [0.4, 0.5) is 0 Å². The van der Waals surface area contributed by atoms with Crippen molar-refractivity contribution in [1.82, 2.24) is 10.2 Å². The van der Waals surface area contributed by atoms with Crippen LogP contribution in [-0.2, 0) is 9.59 Å². The molecule has 5 heteroatoms. The summed E-state index contributed by atoms with van der Waals surface area (Å²) in [6.07, 6.45) is 0.943. The topological polar surface area (TPSA) is 75.4 Å². The van der Waals surface area contributed by atoms with Gasteiger partial charge in [0, 0.05) is 26.6 Å². The van der Waals surface area contributed by atoms with Gasteiger partial charge in [0.2, 0.25) is 11.8 Å². The molecule has 1 aliphatic rings. The molecule has 1 aliphatic heterocycles. The minimum Gasteiger partial charge on any atom is -0.356 e. The lowest BCUT2D eigenvalue weighted by molar-refractivity contribution is -0.131. The largest absolute Gasteiger partial charge is 0.356 e. The summed E-state index contributed by atoms with van der Waals surface area (Å²) in [6, 6.07) is -0.426. The minimum atomic E-state index is -0.426. The zero-order valence-electron chi connectivity index (χ0n) is 9.32. The lowest BCUT2D eigenvalue weighted by Gasteiger charge is -2.18. The Morgan fingerprint density at radius 2 is 2.27 bits per heavy atom. The predicted octanol–water partition coefficient (Wildman–Crippen LogP) is -0.682. The Hall–Kier alpha value is -1.10. The van der Waals surface area contributed by atoms with Crippen molar-refractivity contribution in [3.8, 4) is 0 Å². The first-order chi connectivity index (χ1) is 7.00. The van der Waals surface area contributed by atoms with E-state index < -0.39 is 6.04 Å². The Morgan fingerprint density at radius 1 is 1.60 bits per heavy atom. The number of carbonyl (C=O) groups excluding carboxylic acids is 2. The van der Waals surface area contributed by atoms with E-state index in [1.54, 1.807) is 11.8 Å². The molecule has 2 atom stereocenters. The van der Waals surface area contributed by atoms with E-state index in [4.69, 9.17) is 5.73 Å². The molecule has 2 amide bonds. The molecule has 1 heterocycles. The summed E-state index contributed by atoms with van der Waals surface area (Å²) >= 11 is 0. The molecule has 3 N–H and O–H groups in total. The molecular formula is C10H19N3O2. The van der Waals surface area contributed by atoms with E-state index in [2.05, 4.69) is 5.32 Å². The van der Waals surface area contributed by atoms with Crippen molar-refractivity contribution in [2.24, 2.45) is 11.7 Å². The second-order valence-electron chi connectivity index (χ2n) is 4.16. The summed E-state index contributed by atoms with van der Waals surface area (Å²) in [5.41, 5.74) is 5.52. The molecule has 0 aliphatic carbocycles. The molecule has 1 fully saturated rings. The molecule has 5 nitrogen and oxygen atoms in total. The van der Waals surface area contributed by atoms with Gasteiger partial charge in [-0.25, -0.2) is 0 Å². The van der Waals surface area contributed by atoms with Gasteiger partial charge in [-0.15, -0.1) is 0 Å². The number of nitrogens with zero attached hydrogens (tertiary/aromatic N) is 1. The molecule has 15 heavy (non-hydrogen) atoms. The van der Waals surface area contributed by atoms with E-state index in [0.29, 0.717) is 19.0 Å². The predicted molar refractivity (Wildman–Crippen MR) is 57.0 cm³/mol. The fourth-order valence-electron chi connectivity index (χ4n) is 1.78. The maximum atomic E-state index is 11.5. The monoisotopic (exact) mass is 213 g/mol. The first kappa shape index (κ1) is 12.0. The van der Waals surface area contributed by atoms with Gasteiger partial charge < -0.3 is 16.0 Å². The summed E-state index contributed by atoms with van der Waals surface area (Å²) in [5, 5.41) is 2.77. The average Bonchev–Trinajstić information content (AvgIpc) is 2.61. The Balaban J connectivity index is 2.32. The summed E-state index contributed by atoms with van der Waals surface area (Å²) < 4.78 is 0. The lowest BCUT2D eigenvalue weighted by Crippen LogP contribution is -2.41. The minimum absolute atomic E-state index is 0.000301. The Kier molecular flexibility index (Phi) is 4.08. The Bertz CT molecular complexity index is 253. The van der Waals surface area contributed by atoms with E-state index in [0.717, 1.165) is 13.0 Å². The normalized spacial score (nSPS) is 22.6. The molecule has 0 saturated carbocycles. The first-order valence-electron chi connectivity index (χ1n) is 5.29. The molecule has 1 rings (SSSR count). The fourth-order valence-corrected chi connectivity index (χ4v) is 1.78. The number of hydrogen-bond donors (Lipinski definition) is 2. The second kappa shape index (κ2) is 5.11. The van der Waals surface area contributed by atoms with Gasteiger partial charge in [0.1, 0.15) is 0 Å². The molecular weight excluding hydrogens is 194 g/mol. The maximum absolute atomic E-state index is 11.5. The highest BCUT2D eigenvalue weighted by atomic mass is 16.2. The van der Waals surface area contributed by atoms with Crippen molar-refractivity contribution in [2.75, 3.05) is 19.6 Å². The first-order valence-corrected chi connectivity index (χ1v) is 5.29. The maximum Gasteiger partial charge on any atom is 0.239 e. The third-order valence-electron chi connectivity index (χ3n) is 2.63. The standard InChI is InChI=1S/C10H19N3O2/c1-7(11)10(15)13-4-3-9(6-13)5-12-8(2)14/h7,9H,3-6,11H2,1-2H3,(H,12,14)/t7-,9+/m0/s1. The third-order valence-corrected chi connectivity index (χ3v) is 2.63. The van der Waals surface area contributed by atoms with Gasteiger partial charge in [0.05, 0.1) is 6.04 Å². The molecule has 0 aromatic rings. The Labute approximate surface area is 90.0 Å². The van der Waals surface area contributed by atoms with Crippen LogP contribution in [0.15, 0.2) is 0 Å². The smallest absolute Gasteiger partial charge is 0.239 e. The SMILES string of the molecule is CC(=O)NC[C@H]1CCN(C(=O)[C@H](C)N)C1. The number of nitrogens with one attached hydrogen (secondary N) is 1. The molecule has 1 saturated heterocycles. The second-order valence-corrected chi connectivity index (χ2v) is 4.16. The van der Waals surface area contributed by atoms with Crippen LogP contribution in [0.2, 0.25) is 0 Å². The van der Waals surface area contributed by atoms with Crippen LogP contribution in [-0.4, -0.2) is 42.4 Å². The van der Waals surface area contributed by atoms with Crippen LogP contribution in [0.5, 0.6) is 0 Å². The third kappa shape index (κ3) is 3.51. The number of carbonyl (C=O) groups is 2. The molecule has 0 aromatic heterocycles. The number of likely N-dealkylation sites (tertiary alicyclic amines) is 1. The van der Waals surface area contributed by atoms with E-state index in [-0.39, 0.29) is 11.8 Å². The van der Waals surface area contributed by atoms with Crippen molar-refractivity contribution in [3.63, 3.8) is 0 Å². The molecule has 0 bridgehead atoms. The average molecular weight is 213 g/mol. The van der Waals surface area contributed by atoms with Crippen LogP contribution >= 0.6 is 0 Å². The van der Waals surface area contributed by atoms with Crippen LogP contribution in [0.1, 0.15) is 20.3 Å². The van der Waals surface area contributed by atoms with Crippen molar-refractivity contribution in [3.05, 3.63) is 0 Å². The number of rotatable bonds is 3. The summed E-state index contributed by atoms with van der Waals surface area (Å²) in [5.74, 6) is 0.351. The van der Waals surface area contributed by atoms with Crippen molar-refractivity contribution < 1.29 is 9.59 Å². The van der Waals surface area contributed by atoms with E-state index >= 15 is 0 Å². The van der Waals surface area contributed by atoms with Crippen molar-refractivity contribution >= 4 is 11.8 Å². The highest BCUT2D eigenvalue weighted by Crippen LogP contribution is 2.15. The van der Waals surface area contributed by atoms with E-state index in [1.807, 2.05) is 0 Å². The zero-order valence-corrected chi connectivity index (χ0v) is 9.32. The summed E-state index contributed by atoms with van der Waals surface area (Å²) in [6.45, 7) is 5.31. The Morgan fingerprint density at radius 3 is 2.80 bits per heavy atom. The van der Waals surface area contributed by atoms with Gasteiger partial charge in [0.25, 0.3) is 0 Å². The van der Waals surface area contributed by atoms with Crippen LogP contribution in [0, 0.1) is 5.92 Å². The summed E-state index contributed by atoms with van der Waals surface area (Å²) in [7, 11) is 0. The van der Waals surface area contributed by atoms with Gasteiger partial charge in [0.15, 0.2) is 0 Å². The van der Waals surface area contributed by atoms with Gasteiger partial charge in [-0.2, -0.15) is 0 Å². The van der Waals surface area contributed by atoms with E-state index in [9.17, 15) is 9.59 Å². The van der Waals surface area contributed by atoms with Crippen LogP contribution in [0.25, 0.3) is 0 Å². The molecule has 86 valence electrons. The van der Waals surface area contributed by atoms with Gasteiger partial charge in [-0.1, -0.05) is 0 Å². The number of hydrogen-bond acceptors (Lipinski definition) is 3. The van der Waals surface area contributed by atoms with Crippen molar-refractivity contribution in [2.45, 2.75) is 26.3 Å². The molecule has 0 spiro atoms. The number of amides is 2. The lowest BCUT2D eigenvalue weighted by atomic mass is 10.1. The highest BCUT2D eigenvalue weighted by molar-refractivity contribution is 5.81. The van der Waals surface area contributed by atoms with Gasteiger partial charge >= 0.3 is 0 Å². The summed E-state index contributed by atoms with van der Waals surface area (Å²) in [4.78, 5) is 24.0. The van der Waals surface area contributed by atoms with Crippen molar-refractivity contribution in [1.29, 1.82) is 0 Å². The molecule has 0 unspecified atom stereocenters. The highest BCUT2D eigenvalue weighted by Gasteiger charge is 2.27. The fraction of sp³-hybridized carbons (Fsp3) is 0.800. The van der Waals surface area contributed by atoms with Gasteiger partial charge in [-0.05, 0) is 19.3 Å². The number of nitrogens with two attached hydrogens (primary N) is 1. The van der Waals surface area contributed by atoms with Gasteiger partial charge in [-0.3, -0.25) is 9.59 Å².